The molecule has 0 aromatic carbocycles. The number of aromatic nitrogens is 1. The maximum Gasteiger partial charge on any atom is 0.273 e. The molecule has 0 spiro atoms. The third-order valence-electron chi connectivity index (χ3n) is 2.74. The van der Waals surface area contributed by atoms with Crippen LogP contribution in [0.4, 0.5) is 0 Å². The van der Waals surface area contributed by atoms with Crippen molar-refractivity contribution in [3.8, 4) is 0 Å². The van der Waals surface area contributed by atoms with E-state index in [2.05, 4.69) is 20.9 Å². The minimum absolute atomic E-state index is 0.0910. The number of thiazole rings is 1. The van der Waals surface area contributed by atoms with Crippen molar-refractivity contribution in [1.82, 2.24) is 9.88 Å². The van der Waals surface area contributed by atoms with Crippen LogP contribution in [0.2, 0.25) is 0 Å². The Morgan fingerprint density at radius 1 is 1.73 bits per heavy atom. The lowest BCUT2D eigenvalue weighted by atomic mass is 10.1. The lowest BCUT2D eigenvalue weighted by Crippen LogP contribution is -2.28. The predicted molar refractivity (Wildman–Crippen MR) is 64.5 cm³/mol. The molecule has 1 aromatic rings. The Morgan fingerprint density at radius 2 is 2.60 bits per heavy atom. The average Bonchev–Trinajstić information content (AvgIpc) is 2.87. The van der Waals surface area contributed by atoms with Gasteiger partial charge in [-0.3, -0.25) is 4.79 Å². The fourth-order valence-electron chi connectivity index (χ4n) is 1.89. The zero-order chi connectivity index (χ0) is 10.7. The monoisotopic (exact) mass is 288 g/mol. The third-order valence-corrected chi connectivity index (χ3v) is 3.79. The van der Waals surface area contributed by atoms with E-state index in [1.165, 1.54) is 11.3 Å². The minimum atomic E-state index is 0.0910. The summed E-state index contributed by atoms with van der Waals surface area (Å²) >= 11 is 4.91. The van der Waals surface area contributed by atoms with Gasteiger partial charge in [0.15, 0.2) is 0 Å². The molecule has 82 valence electrons. The van der Waals surface area contributed by atoms with Crippen LogP contribution in [0.3, 0.4) is 0 Å². The van der Waals surface area contributed by atoms with E-state index < -0.39 is 0 Å². The van der Waals surface area contributed by atoms with Crippen LogP contribution in [0.5, 0.6) is 0 Å². The fourth-order valence-corrected chi connectivity index (χ4v) is 3.06. The summed E-state index contributed by atoms with van der Waals surface area (Å²) in [7, 11) is 0. The van der Waals surface area contributed by atoms with Crippen LogP contribution >= 0.6 is 27.3 Å². The van der Waals surface area contributed by atoms with Gasteiger partial charge in [0, 0.05) is 23.8 Å². The molecule has 1 amide bonds. The second-order valence-electron chi connectivity index (χ2n) is 3.76. The van der Waals surface area contributed by atoms with Gasteiger partial charge in [-0.05, 0) is 18.8 Å². The van der Waals surface area contributed by atoms with Gasteiger partial charge in [-0.1, -0.05) is 15.9 Å². The molecule has 3 nitrogen and oxygen atoms in total. The Balaban J connectivity index is 1.93. The number of hydrogen-bond acceptors (Lipinski definition) is 3. The Labute approximate surface area is 102 Å². The largest absolute Gasteiger partial charge is 0.337 e. The van der Waals surface area contributed by atoms with Crippen molar-refractivity contribution < 1.29 is 4.79 Å². The van der Waals surface area contributed by atoms with Crippen molar-refractivity contribution in [3.63, 3.8) is 0 Å². The number of carbonyl (C=O) groups is 1. The van der Waals surface area contributed by atoms with Crippen molar-refractivity contribution >= 4 is 33.2 Å². The summed E-state index contributed by atoms with van der Waals surface area (Å²) in [4.78, 5) is 17.9. The van der Waals surface area contributed by atoms with Crippen LogP contribution in [0.25, 0.3) is 0 Å². The molecule has 1 atom stereocenters. The molecule has 5 heteroatoms. The van der Waals surface area contributed by atoms with Crippen LogP contribution in [-0.4, -0.2) is 34.2 Å². The molecule has 0 aliphatic carbocycles. The number of rotatable bonds is 3. The first-order valence-electron chi connectivity index (χ1n) is 5.04. The van der Waals surface area contributed by atoms with Crippen molar-refractivity contribution in [2.24, 2.45) is 5.92 Å². The SMILES string of the molecule is O=C(c1cscn1)N1CCC(CCBr)C1. The van der Waals surface area contributed by atoms with Crippen molar-refractivity contribution in [3.05, 3.63) is 16.6 Å². The van der Waals surface area contributed by atoms with Gasteiger partial charge in [-0.25, -0.2) is 4.98 Å². The number of likely N-dealkylation sites (tertiary alicyclic amines) is 1. The summed E-state index contributed by atoms with van der Waals surface area (Å²) in [6.45, 7) is 1.77. The third kappa shape index (κ3) is 2.58. The van der Waals surface area contributed by atoms with Gasteiger partial charge in [0.2, 0.25) is 0 Å². The van der Waals surface area contributed by atoms with E-state index in [1.807, 2.05) is 10.3 Å². The second kappa shape index (κ2) is 5.07. The first-order chi connectivity index (χ1) is 7.31. The van der Waals surface area contributed by atoms with Gasteiger partial charge in [-0.2, -0.15) is 0 Å². The zero-order valence-electron chi connectivity index (χ0n) is 8.36. The van der Waals surface area contributed by atoms with E-state index in [9.17, 15) is 4.79 Å². The number of amides is 1. The summed E-state index contributed by atoms with van der Waals surface area (Å²) in [6, 6.07) is 0. The number of carbonyl (C=O) groups excluding carboxylic acids is 1. The Bertz CT molecular complexity index is 328. The molecule has 15 heavy (non-hydrogen) atoms. The van der Waals surface area contributed by atoms with Gasteiger partial charge in [0.1, 0.15) is 5.69 Å². The molecular weight excluding hydrogens is 276 g/mol. The van der Waals surface area contributed by atoms with Crippen LogP contribution in [-0.2, 0) is 0 Å². The molecule has 1 saturated heterocycles. The molecule has 1 aliphatic rings. The predicted octanol–water partition coefficient (Wildman–Crippen LogP) is 2.39. The smallest absolute Gasteiger partial charge is 0.273 e. The molecule has 2 heterocycles. The van der Waals surface area contributed by atoms with E-state index in [0.29, 0.717) is 11.6 Å². The number of hydrogen-bond donors (Lipinski definition) is 0. The second-order valence-corrected chi connectivity index (χ2v) is 5.27. The summed E-state index contributed by atoms with van der Waals surface area (Å²) < 4.78 is 0. The minimum Gasteiger partial charge on any atom is -0.337 e. The van der Waals surface area contributed by atoms with E-state index >= 15 is 0 Å². The van der Waals surface area contributed by atoms with Crippen molar-refractivity contribution in [1.29, 1.82) is 0 Å². The molecule has 0 bridgehead atoms. The maximum absolute atomic E-state index is 11.9. The lowest BCUT2D eigenvalue weighted by Gasteiger charge is -2.14. The van der Waals surface area contributed by atoms with Gasteiger partial charge in [0.25, 0.3) is 5.91 Å². The molecule has 2 rings (SSSR count). The highest BCUT2D eigenvalue weighted by Crippen LogP contribution is 2.21. The number of halogens is 1. The normalized spacial score (nSPS) is 20.9. The quantitative estimate of drug-likeness (QED) is 0.800. The number of alkyl halides is 1. The van der Waals surface area contributed by atoms with E-state index in [0.717, 1.165) is 31.3 Å². The molecule has 1 unspecified atom stereocenters. The first-order valence-corrected chi connectivity index (χ1v) is 7.11. The van der Waals surface area contributed by atoms with Crippen LogP contribution in [0.1, 0.15) is 23.3 Å². The van der Waals surface area contributed by atoms with E-state index in [1.54, 1.807) is 5.51 Å². The highest BCUT2D eigenvalue weighted by molar-refractivity contribution is 9.09. The van der Waals surface area contributed by atoms with Gasteiger partial charge in [0.05, 0.1) is 5.51 Å². The first kappa shape index (κ1) is 11.1. The molecule has 0 N–H and O–H groups in total. The molecule has 0 saturated carbocycles. The van der Waals surface area contributed by atoms with Crippen molar-refractivity contribution in [2.45, 2.75) is 12.8 Å². The lowest BCUT2D eigenvalue weighted by molar-refractivity contribution is 0.0782. The van der Waals surface area contributed by atoms with E-state index in [4.69, 9.17) is 0 Å². The average molecular weight is 289 g/mol. The molecular formula is C10H13BrN2OS. The topological polar surface area (TPSA) is 33.2 Å². The summed E-state index contributed by atoms with van der Waals surface area (Å²) in [6.07, 6.45) is 2.28. The van der Waals surface area contributed by atoms with Crippen molar-refractivity contribution in [2.75, 3.05) is 18.4 Å². The van der Waals surface area contributed by atoms with Gasteiger partial charge in [-0.15, -0.1) is 11.3 Å². The summed E-state index contributed by atoms with van der Waals surface area (Å²) in [5, 5.41) is 2.84. The van der Waals surface area contributed by atoms with Crippen LogP contribution < -0.4 is 0 Å². The number of nitrogens with zero attached hydrogens (tertiary/aromatic N) is 2. The Morgan fingerprint density at radius 3 is 3.27 bits per heavy atom. The van der Waals surface area contributed by atoms with Crippen LogP contribution in [0, 0.1) is 5.92 Å². The highest BCUT2D eigenvalue weighted by Gasteiger charge is 2.27. The standard InChI is InChI=1S/C10H13BrN2OS/c11-3-1-8-2-4-13(5-8)10(14)9-6-15-7-12-9/h6-8H,1-5H2. The molecule has 1 fully saturated rings. The summed E-state index contributed by atoms with van der Waals surface area (Å²) in [5.41, 5.74) is 2.30. The molecule has 0 radical (unpaired) electrons. The van der Waals surface area contributed by atoms with Gasteiger partial charge < -0.3 is 4.90 Å². The zero-order valence-corrected chi connectivity index (χ0v) is 10.8. The summed E-state index contributed by atoms with van der Waals surface area (Å²) in [5.74, 6) is 0.750. The fraction of sp³-hybridized carbons (Fsp3) is 0.600. The highest BCUT2D eigenvalue weighted by atomic mass is 79.9. The van der Waals surface area contributed by atoms with Crippen LogP contribution in [0.15, 0.2) is 10.9 Å². The Hall–Kier alpha value is -0.420. The van der Waals surface area contributed by atoms with E-state index in [-0.39, 0.29) is 5.91 Å². The Kier molecular flexibility index (Phi) is 3.75. The van der Waals surface area contributed by atoms with Gasteiger partial charge >= 0.3 is 0 Å². The molecule has 1 aliphatic heterocycles. The molecule has 1 aromatic heterocycles. The maximum atomic E-state index is 11.9.